The maximum absolute atomic E-state index is 11.8. The Morgan fingerprint density at radius 3 is 1.87 bits per heavy atom. The molecule has 0 radical (unpaired) electrons. The number of rotatable bonds is 6. The summed E-state index contributed by atoms with van der Waals surface area (Å²) in [7, 11) is 0. The van der Waals surface area contributed by atoms with E-state index < -0.39 is 0 Å². The molecular weight excluding hydrogens is 368 g/mol. The van der Waals surface area contributed by atoms with E-state index in [1.807, 2.05) is 13.8 Å². The second-order valence-electron chi connectivity index (χ2n) is 10.5. The van der Waals surface area contributed by atoms with Crippen molar-refractivity contribution in [3.63, 3.8) is 0 Å². The lowest BCUT2D eigenvalue weighted by molar-refractivity contribution is -0.147. The molecule has 0 saturated carbocycles. The fraction of sp³-hybridized carbons (Fsp3) is 0.464. The average Bonchev–Trinajstić information content (AvgIpc) is 2.63. The number of hydrogen-bond acceptors (Lipinski definition) is 2. The van der Waals surface area contributed by atoms with Crippen LogP contribution in [0.2, 0.25) is 0 Å². The summed E-state index contributed by atoms with van der Waals surface area (Å²) >= 11 is 0. The first kappa shape index (κ1) is 22.3. The number of carbonyl (C=O) groups excluding carboxylic acids is 1. The van der Waals surface area contributed by atoms with Crippen molar-refractivity contribution in [1.82, 2.24) is 0 Å². The quantitative estimate of drug-likeness (QED) is 0.311. The molecule has 3 rings (SSSR count). The zero-order valence-corrected chi connectivity index (χ0v) is 19.6. The summed E-state index contributed by atoms with van der Waals surface area (Å²) in [6.07, 6.45) is 2.23. The predicted octanol–water partition coefficient (Wildman–Crippen LogP) is 7.69. The van der Waals surface area contributed by atoms with E-state index in [0.717, 1.165) is 12.8 Å². The molecule has 0 N–H and O–H groups in total. The maximum atomic E-state index is 11.8. The highest BCUT2D eigenvalue weighted by molar-refractivity contribution is 5.98. The van der Waals surface area contributed by atoms with Crippen LogP contribution >= 0.6 is 0 Å². The molecule has 0 heterocycles. The fourth-order valence-electron chi connectivity index (χ4n) is 4.03. The molecule has 30 heavy (non-hydrogen) atoms. The molecule has 0 aromatic heterocycles. The molecule has 0 amide bonds. The van der Waals surface area contributed by atoms with Gasteiger partial charge in [-0.15, -0.1) is 0 Å². The predicted molar refractivity (Wildman–Crippen MR) is 128 cm³/mol. The van der Waals surface area contributed by atoms with Gasteiger partial charge in [-0.3, -0.25) is 4.79 Å². The van der Waals surface area contributed by atoms with Crippen molar-refractivity contribution in [2.24, 2.45) is 0 Å². The standard InChI is InChI=1S/C28H36O2/c1-19(2)30-26(29)9-8-14-28(6,7)25-13-11-21-15-22-17-24(27(3,4)5)12-10-20(22)16-23(21)18-25/h10-13,15-19H,8-9,14H2,1-7H3. The average molecular weight is 405 g/mol. The van der Waals surface area contributed by atoms with Gasteiger partial charge in [-0.2, -0.15) is 0 Å². The molecule has 0 atom stereocenters. The van der Waals surface area contributed by atoms with Crippen molar-refractivity contribution in [3.05, 3.63) is 59.7 Å². The smallest absolute Gasteiger partial charge is 0.306 e. The minimum Gasteiger partial charge on any atom is -0.463 e. The van der Waals surface area contributed by atoms with E-state index in [1.165, 1.54) is 32.7 Å². The summed E-state index contributed by atoms with van der Waals surface area (Å²) < 4.78 is 5.26. The molecule has 0 bridgehead atoms. The lowest BCUT2D eigenvalue weighted by atomic mass is 9.79. The van der Waals surface area contributed by atoms with Gasteiger partial charge in [0.15, 0.2) is 0 Å². The SMILES string of the molecule is CC(C)OC(=O)CCCC(C)(C)c1ccc2cc3cc(C(C)(C)C)ccc3cc2c1. The summed E-state index contributed by atoms with van der Waals surface area (Å²) in [5.41, 5.74) is 2.84. The number of benzene rings is 3. The van der Waals surface area contributed by atoms with Crippen molar-refractivity contribution in [3.8, 4) is 0 Å². The van der Waals surface area contributed by atoms with Gasteiger partial charge in [-0.05, 0) is 82.3 Å². The summed E-state index contributed by atoms with van der Waals surface area (Å²) in [4.78, 5) is 11.8. The monoisotopic (exact) mass is 404 g/mol. The van der Waals surface area contributed by atoms with Gasteiger partial charge in [0.2, 0.25) is 0 Å². The third-order valence-corrected chi connectivity index (χ3v) is 5.99. The Morgan fingerprint density at radius 2 is 1.33 bits per heavy atom. The van der Waals surface area contributed by atoms with E-state index in [4.69, 9.17) is 4.74 Å². The van der Waals surface area contributed by atoms with Gasteiger partial charge in [-0.1, -0.05) is 71.0 Å². The zero-order valence-electron chi connectivity index (χ0n) is 19.6. The van der Waals surface area contributed by atoms with Crippen LogP contribution in [0.3, 0.4) is 0 Å². The summed E-state index contributed by atoms with van der Waals surface area (Å²) in [6, 6.07) is 18.2. The van der Waals surface area contributed by atoms with Crippen molar-refractivity contribution < 1.29 is 9.53 Å². The first-order chi connectivity index (χ1) is 14.0. The van der Waals surface area contributed by atoms with Gasteiger partial charge in [0.25, 0.3) is 0 Å². The van der Waals surface area contributed by atoms with Crippen molar-refractivity contribution in [2.45, 2.75) is 84.7 Å². The van der Waals surface area contributed by atoms with Gasteiger partial charge < -0.3 is 4.74 Å². The van der Waals surface area contributed by atoms with Crippen LogP contribution in [0.1, 0.15) is 78.9 Å². The van der Waals surface area contributed by atoms with E-state index in [2.05, 4.69) is 83.1 Å². The molecule has 0 fully saturated rings. The molecule has 0 saturated heterocycles. The number of carbonyl (C=O) groups is 1. The molecule has 2 heteroatoms. The Morgan fingerprint density at radius 1 is 0.800 bits per heavy atom. The van der Waals surface area contributed by atoms with Gasteiger partial charge in [-0.25, -0.2) is 0 Å². The second kappa shape index (κ2) is 8.41. The largest absolute Gasteiger partial charge is 0.463 e. The minimum atomic E-state index is -0.0968. The first-order valence-corrected chi connectivity index (χ1v) is 11.1. The van der Waals surface area contributed by atoms with Crippen LogP contribution in [0.5, 0.6) is 0 Å². The van der Waals surface area contributed by atoms with Crippen LogP contribution < -0.4 is 0 Å². The Bertz CT molecular complexity index is 1050. The molecular formula is C28H36O2. The van der Waals surface area contributed by atoms with Crippen molar-refractivity contribution in [2.75, 3.05) is 0 Å². The van der Waals surface area contributed by atoms with E-state index in [0.29, 0.717) is 6.42 Å². The Labute approximate surface area is 181 Å². The molecule has 0 unspecified atom stereocenters. The molecule has 0 spiro atoms. The van der Waals surface area contributed by atoms with Gasteiger partial charge in [0, 0.05) is 6.42 Å². The van der Waals surface area contributed by atoms with Gasteiger partial charge in [0.1, 0.15) is 0 Å². The van der Waals surface area contributed by atoms with Crippen LogP contribution in [0.4, 0.5) is 0 Å². The normalized spacial score (nSPS) is 12.7. The van der Waals surface area contributed by atoms with E-state index in [-0.39, 0.29) is 22.9 Å². The number of esters is 1. The first-order valence-electron chi connectivity index (χ1n) is 11.1. The molecule has 0 aliphatic carbocycles. The van der Waals surface area contributed by atoms with Crippen LogP contribution in [0.15, 0.2) is 48.5 Å². The van der Waals surface area contributed by atoms with Crippen LogP contribution in [-0.4, -0.2) is 12.1 Å². The van der Waals surface area contributed by atoms with Crippen LogP contribution in [-0.2, 0) is 20.4 Å². The van der Waals surface area contributed by atoms with Gasteiger partial charge >= 0.3 is 5.97 Å². The lowest BCUT2D eigenvalue weighted by Crippen LogP contribution is -2.18. The Kier molecular flexibility index (Phi) is 6.26. The van der Waals surface area contributed by atoms with E-state index in [9.17, 15) is 4.79 Å². The molecule has 0 aliphatic rings. The Balaban J connectivity index is 1.83. The minimum absolute atomic E-state index is 0.0113. The lowest BCUT2D eigenvalue weighted by Gasteiger charge is -2.26. The van der Waals surface area contributed by atoms with E-state index >= 15 is 0 Å². The Hall–Kier alpha value is -2.35. The van der Waals surface area contributed by atoms with Crippen molar-refractivity contribution in [1.29, 1.82) is 0 Å². The molecule has 3 aromatic carbocycles. The second-order valence-corrected chi connectivity index (χ2v) is 10.5. The summed E-state index contributed by atoms with van der Waals surface area (Å²) in [6.45, 7) is 15.1. The third-order valence-electron chi connectivity index (χ3n) is 5.99. The number of ether oxygens (including phenoxy) is 1. The number of fused-ring (bicyclic) bond motifs is 2. The highest BCUT2D eigenvalue weighted by atomic mass is 16.5. The molecule has 3 aromatic rings. The summed E-state index contributed by atoms with van der Waals surface area (Å²) in [5.74, 6) is -0.0968. The topological polar surface area (TPSA) is 26.3 Å². The highest BCUT2D eigenvalue weighted by Gasteiger charge is 2.21. The van der Waals surface area contributed by atoms with Crippen LogP contribution in [0.25, 0.3) is 21.5 Å². The van der Waals surface area contributed by atoms with Crippen LogP contribution in [0, 0.1) is 0 Å². The summed E-state index contributed by atoms with van der Waals surface area (Å²) in [5, 5.41) is 5.12. The zero-order chi connectivity index (χ0) is 22.1. The molecule has 2 nitrogen and oxygen atoms in total. The molecule has 0 aliphatic heterocycles. The molecule has 160 valence electrons. The maximum Gasteiger partial charge on any atom is 0.306 e. The van der Waals surface area contributed by atoms with Crippen molar-refractivity contribution >= 4 is 27.5 Å². The van der Waals surface area contributed by atoms with Gasteiger partial charge in [0.05, 0.1) is 6.10 Å². The highest BCUT2D eigenvalue weighted by Crippen LogP contribution is 2.34. The number of hydrogen-bond donors (Lipinski definition) is 0. The third kappa shape index (κ3) is 5.22. The van der Waals surface area contributed by atoms with E-state index in [1.54, 1.807) is 0 Å². The fourth-order valence-corrected chi connectivity index (χ4v) is 4.03.